The summed E-state index contributed by atoms with van der Waals surface area (Å²) in [5.41, 5.74) is 4.06. The fraction of sp³-hybridized carbons (Fsp3) is 0.375. The van der Waals surface area contributed by atoms with Crippen molar-refractivity contribution in [3.8, 4) is 11.4 Å². The molecule has 5 heteroatoms. The smallest absolute Gasteiger partial charge is 0.253 e. The van der Waals surface area contributed by atoms with Gasteiger partial charge in [-0.05, 0) is 31.0 Å². The second-order valence-electron chi connectivity index (χ2n) is 7.44. The van der Waals surface area contributed by atoms with Crippen molar-refractivity contribution in [1.29, 1.82) is 0 Å². The zero-order valence-corrected chi connectivity index (χ0v) is 17.5. The van der Waals surface area contributed by atoms with E-state index >= 15 is 0 Å². The first kappa shape index (κ1) is 20.8. The molecule has 0 aliphatic rings. The minimum atomic E-state index is 0.0897. The Balaban J connectivity index is 1.93. The largest absolute Gasteiger partial charge is 0.339 e. The van der Waals surface area contributed by atoms with Gasteiger partial charge in [-0.25, -0.2) is 4.98 Å². The van der Waals surface area contributed by atoms with Crippen LogP contribution in [-0.2, 0) is 7.05 Å². The Morgan fingerprint density at radius 2 is 1.69 bits per heavy atom. The van der Waals surface area contributed by atoms with E-state index in [0.29, 0.717) is 11.1 Å². The molecule has 0 saturated carbocycles. The maximum atomic E-state index is 13.1. The summed E-state index contributed by atoms with van der Waals surface area (Å²) in [7, 11) is 1.96. The summed E-state index contributed by atoms with van der Waals surface area (Å²) in [6.07, 6.45) is 5.01. The Morgan fingerprint density at radius 1 is 1.03 bits per heavy atom. The number of aromatic nitrogens is 2. The summed E-state index contributed by atoms with van der Waals surface area (Å²) in [6, 6.07) is 13.1. The Bertz CT molecular complexity index is 981. The van der Waals surface area contributed by atoms with Gasteiger partial charge in [0.1, 0.15) is 12.1 Å². The predicted molar refractivity (Wildman–Crippen MR) is 117 cm³/mol. The van der Waals surface area contributed by atoms with Gasteiger partial charge in [0.2, 0.25) is 0 Å². The molecule has 0 saturated heterocycles. The molecule has 0 aliphatic heterocycles. The maximum absolute atomic E-state index is 13.1. The van der Waals surface area contributed by atoms with Crippen molar-refractivity contribution < 1.29 is 9.59 Å². The molecule has 0 fully saturated rings. The van der Waals surface area contributed by atoms with Crippen molar-refractivity contribution in [2.75, 3.05) is 13.1 Å². The quantitative estimate of drug-likeness (QED) is 0.477. The number of hydrogen-bond donors (Lipinski definition) is 0. The van der Waals surface area contributed by atoms with E-state index in [4.69, 9.17) is 4.98 Å². The summed E-state index contributed by atoms with van der Waals surface area (Å²) < 4.78 is 2.00. The van der Waals surface area contributed by atoms with Crippen LogP contribution in [0.4, 0.5) is 0 Å². The average Bonchev–Trinajstić information content (AvgIpc) is 3.09. The molecule has 1 heterocycles. The van der Waals surface area contributed by atoms with E-state index < -0.39 is 0 Å². The van der Waals surface area contributed by atoms with E-state index in [2.05, 4.69) is 13.8 Å². The molecule has 0 atom stereocenters. The first-order valence-corrected chi connectivity index (χ1v) is 10.4. The van der Waals surface area contributed by atoms with Crippen molar-refractivity contribution in [3.05, 3.63) is 53.6 Å². The number of carbonyl (C=O) groups is 2. The van der Waals surface area contributed by atoms with Crippen LogP contribution in [0.5, 0.6) is 0 Å². The lowest BCUT2D eigenvalue weighted by molar-refractivity contribution is 0.0751. The SMILES string of the molecule is CCCCN(CCCC)C(=O)c1ccc2nc(-c3ccc(C=O)cc3)n(C)c2c1. The van der Waals surface area contributed by atoms with Crippen molar-refractivity contribution >= 4 is 23.2 Å². The second-order valence-corrected chi connectivity index (χ2v) is 7.44. The highest BCUT2D eigenvalue weighted by Crippen LogP contribution is 2.25. The predicted octanol–water partition coefficient (Wildman–Crippen LogP) is 5.10. The van der Waals surface area contributed by atoms with Crippen LogP contribution in [0.2, 0.25) is 0 Å². The Hall–Kier alpha value is -2.95. The van der Waals surface area contributed by atoms with E-state index in [0.717, 1.165) is 67.5 Å². The summed E-state index contributed by atoms with van der Waals surface area (Å²) >= 11 is 0. The van der Waals surface area contributed by atoms with Crippen LogP contribution in [0.3, 0.4) is 0 Å². The molecule has 0 spiro atoms. The van der Waals surface area contributed by atoms with Crippen LogP contribution in [0.25, 0.3) is 22.4 Å². The summed E-state index contributed by atoms with van der Waals surface area (Å²) in [5, 5.41) is 0. The lowest BCUT2D eigenvalue weighted by Crippen LogP contribution is -2.32. The topological polar surface area (TPSA) is 55.2 Å². The van der Waals surface area contributed by atoms with Gasteiger partial charge in [0.05, 0.1) is 11.0 Å². The molecular weight excluding hydrogens is 362 g/mol. The molecule has 0 N–H and O–H groups in total. The van der Waals surface area contributed by atoms with E-state index in [1.807, 2.05) is 46.8 Å². The second kappa shape index (κ2) is 9.50. The van der Waals surface area contributed by atoms with Crippen molar-refractivity contribution in [3.63, 3.8) is 0 Å². The van der Waals surface area contributed by atoms with Crippen LogP contribution in [-0.4, -0.2) is 39.7 Å². The Labute approximate surface area is 172 Å². The van der Waals surface area contributed by atoms with Gasteiger partial charge >= 0.3 is 0 Å². The molecule has 29 heavy (non-hydrogen) atoms. The highest BCUT2D eigenvalue weighted by Gasteiger charge is 2.17. The van der Waals surface area contributed by atoms with Gasteiger partial charge in [0.15, 0.2) is 0 Å². The number of unbranched alkanes of at least 4 members (excludes halogenated alkanes) is 2. The number of rotatable bonds is 9. The molecule has 1 amide bonds. The fourth-order valence-corrected chi connectivity index (χ4v) is 3.49. The molecular formula is C24H29N3O2. The monoisotopic (exact) mass is 391 g/mol. The normalized spacial score (nSPS) is 11.0. The number of benzene rings is 2. The number of fused-ring (bicyclic) bond motifs is 1. The standard InChI is InChI=1S/C24H29N3O2/c1-4-6-14-27(15-7-5-2)24(29)20-12-13-21-22(16-20)26(3)23(25-21)19-10-8-18(17-28)9-11-19/h8-13,16-17H,4-7,14-15H2,1-3H3. The lowest BCUT2D eigenvalue weighted by Gasteiger charge is -2.22. The number of hydrogen-bond acceptors (Lipinski definition) is 3. The number of aryl methyl sites for hydroxylation is 1. The number of amides is 1. The van der Waals surface area contributed by atoms with Gasteiger partial charge in [0.25, 0.3) is 5.91 Å². The molecule has 152 valence electrons. The van der Waals surface area contributed by atoms with E-state index in [-0.39, 0.29) is 5.91 Å². The Morgan fingerprint density at radius 3 is 2.28 bits per heavy atom. The number of aldehydes is 1. The van der Waals surface area contributed by atoms with E-state index in [1.165, 1.54) is 0 Å². The van der Waals surface area contributed by atoms with Crippen molar-refractivity contribution in [1.82, 2.24) is 14.5 Å². The minimum absolute atomic E-state index is 0.0897. The lowest BCUT2D eigenvalue weighted by atomic mass is 10.1. The molecule has 0 radical (unpaired) electrons. The molecule has 5 nitrogen and oxygen atoms in total. The number of carbonyl (C=O) groups excluding carboxylic acids is 2. The fourth-order valence-electron chi connectivity index (χ4n) is 3.49. The minimum Gasteiger partial charge on any atom is -0.339 e. The molecule has 2 aromatic carbocycles. The molecule has 3 rings (SSSR count). The van der Waals surface area contributed by atoms with E-state index in [1.54, 1.807) is 12.1 Å². The van der Waals surface area contributed by atoms with Gasteiger partial charge in [-0.2, -0.15) is 0 Å². The van der Waals surface area contributed by atoms with Gasteiger partial charge in [-0.15, -0.1) is 0 Å². The first-order chi connectivity index (χ1) is 14.1. The molecule has 0 aliphatic carbocycles. The van der Waals surface area contributed by atoms with Gasteiger partial charge in [-0.3, -0.25) is 9.59 Å². The average molecular weight is 392 g/mol. The number of nitrogens with zero attached hydrogens (tertiary/aromatic N) is 3. The van der Waals surface area contributed by atoms with Gasteiger partial charge in [-0.1, -0.05) is 51.0 Å². The van der Waals surface area contributed by atoms with Crippen LogP contribution in [0, 0.1) is 0 Å². The molecule has 3 aromatic rings. The third-order valence-corrected chi connectivity index (χ3v) is 5.28. The molecule has 0 unspecified atom stereocenters. The van der Waals surface area contributed by atoms with Crippen LogP contribution in [0.15, 0.2) is 42.5 Å². The number of imidazole rings is 1. The van der Waals surface area contributed by atoms with Crippen molar-refractivity contribution in [2.24, 2.45) is 7.05 Å². The highest BCUT2D eigenvalue weighted by molar-refractivity contribution is 5.98. The summed E-state index contributed by atoms with van der Waals surface area (Å²) in [5.74, 6) is 0.905. The van der Waals surface area contributed by atoms with Crippen LogP contribution >= 0.6 is 0 Å². The maximum Gasteiger partial charge on any atom is 0.253 e. The first-order valence-electron chi connectivity index (χ1n) is 10.4. The third-order valence-electron chi connectivity index (χ3n) is 5.28. The van der Waals surface area contributed by atoms with Crippen LogP contribution in [0.1, 0.15) is 60.2 Å². The summed E-state index contributed by atoms with van der Waals surface area (Å²) in [6.45, 7) is 5.89. The molecule has 0 bridgehead atoms. The van der Waals surface area contributed by atoms with Crippen molar-refractivity contribution in [2.45, 2.75) is 39.5 Å². The molecule has 1 aromatic heterocycles. The van der Waals surface area contributed by atoms with Gasteiger partial charge < -0.3 is 9.47 Å². The third kappa shape index (κ3) is 4.56. The van der Waals surface area contributed by atoms with E-state index in [9.17, 15) is 9.59 Å². The van der Waals surface area contributed by atoms with Gasteiger partial charge in [0, 0.05) is 36.8 Å². The summed E-state index contributed by atoms with van der Waals surface area (Å²) in [4.78, 5) is 30.7. The highest BCUT2D eigenvalue weighted by atomic mass is 16.2. The van der Waals surface area contributed by atoms with Crippen LogP contribution < -0.4 is 0 Å². The zero-order chi connectivity index (χ0) is 20.8. The Kier molecular flexibility index (Phi) is 6.81. The zero-order valence-electron chi connectivity index (χ0n) is 17.5.